The second-order valence-corrected chi connectivity index (χ2v) is 8.60. The Labute approximate surface area is 146 Å². The molecule has 0 aliphatic carbocycles. The number of hydrogen-bond acceptors (Lipinski definition) is 1. The first-order valence-corrected chi connectivity index (χ1v) is 10.2. The molecule has 0 aliphatic heterocycles. The number of hydrogen-bond donors (Lipinski definition) is 0. The summed E-state index contributed by atoms with van der Waals surface area (Å²) >= 11 is 0. The van der Waals surface area contributed by atoms with Crippen LogP contribution in [0.4, 0.5) is 0 Å². The predicted molar refractivity (Wildman–Crippen MR) is 104 cm³/mol. The van der Waals surface area contributed by atoms with Crippen LogP contribution < -0.4 is 0 Å². The molecule has 2 aromatic carbocycles. The standard InChI is InChI=1S/C21H24N2Si/c1-18(2)13-16-24-21(23-15-14-22-17-23,19-9-5-3-6-10-19)20-11-7-4-8-12-20/h3-12,14-15,17H,1,13,16,24H2,2H3. The molecule has 3 rings (SSSR count). The monoisotopic (exact) mass is 332 g/mol. The molecule has 0 bridgehead atoms. The van der Waals surface area contributed by atoms with Crippen molar-refractivity contribution in [3.63, 3.8) is 0 Å². The van der Waals surface area contributed by atoms with Crippen molar-refractivity contribution in [3.8, 4) is 0 Å². The Hall–Kier alpha value is -2.39. The van der Waals surface area contributed by atoms with Crippen molar-refractivity contribution in [1.29, 1.82) is 0 Å². The van der Waals surface area contributed by atoms with E-state index >= 15 is 0 Å². The Balaban J connectivity index is 2.15. The van der Waals surface area contributed by atoms with Gasteiger partial charge in [0.15, 0.2) is 0 Å². The zero-order chi connectivity index (χ0) is 16.8. The lowest BCUT2D eigenvalue weighted by Gasteiger charge is -2.37. The van der Waals surface area contributed by atoms with E-state index in [1.807, 2.05) is 12.5 Å². The minimum absolute atomic E-state index is 0.103. The van der Waals surface area contributed by atoms with E-state index in [4.69, 9.17) is 0 Å². The summed E-state index contributed by atoms with van der Waals surface area (Å²) in [6.07, 6.45) is 7.05. The van der Waals surface area contributed by atoms with E-state index in [1.54, 1.807) is 0 Å². The molecular formula is C21H24N2Si. The summed E-state index contributed by atoms with van der Waals surface area (Å²) in [5.74, 6) is 0. The van der Waals surface area contributed by atoms with E-state index in [1.165, 1.54) is 22.7 Å². The van der Waals surface area contributed by atoms with Crippen LogP contribution in [-0.4, -0.2) is 19.1 Å². The van der Waals surface area contributed by atoms with Gasteiger partial charge in [0.1, 0.15) is 0 Å². The Bertz CT molecular complexity index is 725. The van der Waals surface area contributed by atoms with Gasteiger partial charge in [0, 0.05) is 12.4 Å². The SMILES string of the molecule is C=C(C)CC[SiH2]C(c1ccccc1)(c1ccccc1)n1ccnc1. The number of allylic oxidation sites excluding steroid dienone is 1. The summed E-state index contributed by atoms with van der Waals surface area (Å²) in [4.78, 5) is 4.35. The van der Waals surface area contributed by atoms with Gasteiger partial charge in [-0.3, -0.25) is 0 Å². The second kappa shape index (κ2) is 7.45. The van der Waals surface area contributed by atoms with Gasteiger partial charge in [0.05, 0.1) is 21.0 Å². The average molecular weight is 333 g/mol. The summed E-state index contributed by atoms with van der Waals surface area (Å²) in [5.41, 5.74) is 3.97. The molecular weight excluding hydrogens is 308 g/mol. The smallest absolute Gasteiger partial charge is 0.0953 e. The van der Waals surface area contributed by atoms with Crippen LogP contribution >= 0.6 is 0 Å². The molecule has 3 aromatic rings. The molecule has 1 aromatic heterocycles. The molecule has 0 saturated carbocycles. The third-order valence-electron chi connectivity index (χ3n) is 4.59. The first kappa shape index (κ1) is 16.5. The fraction of sp³-hybridized carbons (Fsp3) is 0.190. The second-order valence-electron chi connectivity index (χ2n) is 6.37. The third kappa shape index (κ3) is 3.26. The molecule has 2 nitrogen and oxygen atoms in total. The van der Waals surface area contributed by atoms with Gasteiger partial charge in [-0.05, 0) is 24.5 Å². The lowest BCUT2D eigenvalue weighted by atomic mass is 9.97. The van der Waals surface area contributed by atoms with Crippen molar-refractivity contribution in [2.75, 3.05) is 0 Å². The maximum atomic E-state index is 4.35. The molecule has 0 aliphatic rings. The zero-order valence-electron chi connectivity index (χ0n) is 14.2. The largest absolute Gasteiger partial charge is 0.327 e. The van der Waals surface area contributed by atoms with Gasteiger partial charge in [0.25, 0.3) is 0 Å². The Morgan fingerprint density at radius 1 is 1.04 bits per heavy atom. The van der Waals surface area contributed by atoms with E-state index in [-0.39, 0.29) is 5.16 Å². The van der Waals surface area contributed by atoms with Gasteiger partial charge in [-0.15, -0.1) is 6.58 Å². The molecule has 0 unspecified atom stereocenters. The lowest BCUT2D eigenvalue weighted by molar-refractivity contribution is 0.590. The summed E-state index contributed by atoms with van der Waals surface area (Å²) in [6.45, 7) is 6.21. The molecule has 0 atom stereocenters. The maximum Gasteiger partial charge on any atom is 0.0953 e. The summed E-state index contributed by atoms with van der Waals surface area (Å²) < 4.78 is 2.31. The van der Waals surface area contributed by atoms with Crippen molar-refractivity contribution >= 4 is 9.52 Å². The maximum absolute atomic E-state index is 4.35. The van der Waals surface area contributed by atoms with Crippen LogP contribution in [0.2, 0.25) is 6.04 Å². The number of nitrogens with zero attached hydrogens (tertiary/aromatic N) is 2. The van der Waals surface area contributed by atoms with Gasteiger partial charge >= 0.3 is 0 Å². The highest BCUT2D eigenvalue weighted by atomic mass is 28.2. The first-order chi connectivity index (χ1) is 11.7. The molecule has 0 fully saturated rings. The van der Waals surface area contributed by atoms with Crippen molar-refractivity contribution < 1.29 is 0 Å². The number of aromatic nitrogens is 2. The minimum atomic E-state index is -0.528. The number of rotatable bonds is 7. The Morgan fingerprint density at radius 3 is 2.08 bits per heavy atom. The molecule has 0 radical (unpaired) electrons. The average Bonchev–Trinajstić information content (AvgIpc) is 3.15. The Kier molecular flexibility index (Phi) is 5.11. The van der Waals surface area contributed by atoms with Gasteiger partial charge < -0.3 is 4.57 Å². The topological polar surface area (TPSA) is 17.8 Å². The molecule has 1 heterocycles. The quantitative estimate of drug-likeness (QED) is 0.469. The lowest BCUT2D eigenvalue weighted by Crippen LogP contribution is -2.41. The van der Waals surface area contributed by atoms with Crippen LogP contribution in [0.1, 0.15) is 24.5 Å². The van der Waals surface area contributed by atoms with Crippen molar-refractivity contribution in [1.82, 2.24) is 9.55 Å². The highest BCUT2D eigenvalue weighted by Crippen LogP contribution is 2.34. The van der Waals surface area contributed by atoms with Crippen LogP contribution in [0, 0.1) is 0 Å². The van der Waals surface area contributed by atoms with E-state index in [2.05, 4.69) is 89.9 Å². The summed E-state index contributed by atoms with van der Waals surface area (Å²) in [7, 11) is -0.528. The molecule has 3 heteroatoms. The van der Waals surface area contributed by atoms with Gasteiger partial charge in [-0.2, -0.15) is 0 Å². The Morgan fingerprint density at radius 2 is 1.62 bits per heavy atom. The molecule has 0 N–H and O–H groups in total. The van der Waals surface area contributed by atoms with Gasteiger partial charge in [-0.25, -0.2) is 4.98 Å². The van der Waals surface area contributed by atoms with Crippen LogP contribution in [0.15, 0.2) is 91.5 Å². The van der Waals surface area contributed by atoms with E-state index in [0.717, 1.165) is 6.42 Å². The summed E-state index contributed by atoms with van der Waals surface area (Å²) in [6, 6.07) is 22.9. The zero-order valence-corrected chi connectivity index (χ0v) is 15.6. The first-order valence-electron chi connectivity index (χ1n) is 8.47. The van der Waals surface area contributed by atoms with Crippen LogP contribution in [0.3, 0.4) is 0 Å². The van der Waals surface area contributed by atoms with Gasteiger partial charge in [0.2, 0.25) is 0 Å². The van der Waals surface area contributed by atoms with Crippen molar-refractivity contribution in [2.24, 2.45) is 0 Å². The number of imidazole rings is 1. The van der Waals surface area contributed by atoms with E-state index in [9.17, 15) is 0 Å². The molecule has 24 heavy (non-hydrogen) atoms. The molecule has 0 spiro atoms. The minimum Gasteiger partial charge on any atom is -0.327 e. The number of benzene rings is 2. The van der Waals surface area contributed by atoms with Crippen LogP contribution in [0.5, 0.6) is 0 Å². The predicted octanol–water partition coefficient (Wildman–Crippen LogP) is 4.19. The normalized spacial score (nSPS) is 11.9. The van der Waals surface area contributed by atoms with Crippen molar-refractivity contribution in [3.05, 3.63) is 103 Å². The molecule has 0 saturated heterocycles. The van der Waals surface area contributed by atoms with Crippen molar-refractivity contribution in [2.45, 2.75) is 24.6 Å². The highest BCUT2D eigenvalue weighted by molar-refractivity contribution is 6.41. The fourth-order valence-corrected chi connectivity index (χ4v) is 6.23. The molecule has 122 valence electrons. The highest BCUT2D eigenvalue weighted by Gasteiger charge is 2.35. The van der Waals surface area contributed by atoms with Crippen LogP contribution in [-0.2, 0) is 5.16 Å². The van der Waals surface area contributed by atoms with E-state index in [0.29, 0.717) is 0 Å². The molecule has 0 amide bonds. The third-order valence-corrected chi connectivity index (χ3v) is 7.20. The van der Waals surface area contributed by atoms with E-state index < -0.39 is 9.52 Å². The fourth-order valence-electron chi connectivity index (χ4n) is 3.44. The summed E-state index contributed by atoms with van der Waals surface area (Å²) in [5, 5.41) is -0.103. The van der Waals surface area contributed by atoms with Gasteiger partial charge in [-0.1, -0.05) is 72.3 Å². The van der Waals surface area contributed by atoms with Crippen LogP contribution in [0.25, 0.3) is 0 Å².